The first-order valence-electron chi connectivity index (χ1n) is 4.52. The molecular weight excluding hydrogens is 170 g/mol. The third-order valence-electron chi connectivity index (χ3n) is 2.44. The molecule has 0 amide bonds. The van der Waals surface area contributed by atoms with Gasteiger partial charge in [0.1, 0.15) is 6.04 Å². The lowest BCUT2D eigenvalue weighted by Crippen LogP contribution is -2.42. The fourth-order valence-corrected chi connectivity index (χ4v) is 0.780. The lowest BCUT2D eigenvalue weighted by molar-refractivity contribution is -0.139. The zero-order valence-electron chi connectivity index (χ0n) is 8.50. The Bertz CT molecular complexity index is 166. The Kier molecular flexibility index (Phi) is 4.95. The SMILES string of the molecule is CCC(C)(CO)CNC(C)C(=O)O. The molecule has 2 unspecified atom stereocenters. The number of aliphatic hydroxyl groups is 1. The summed E-state index contributed by atoms with van der Waals surface area (Å²) in [6, 6.07) is -0.558. The predicted octanol–water partition coefficient (Wildman–Crippen LogP) is 0.458. The van der Waals surface area contributed by atoms with Crippen LogP contribution in [-0.4, -0.2) is 35.4 Å². The number of nitrogens with one attached hydrogen (secondary N) is 1. The van der Waals surface area contributed by atoms with Gasteiger partial charge < -0.3 is 15.5 Å². The van der Waals surface area contributed by atoms with Gasteiger partial charge in [0.2, 0.25) is 0 Å². The monoisotopic (exact) mass is 189 g/mol. The van der Waals surface area contributed by atoms with Crippen LogP contribution >= 0.6 is 0 Å². The van der Waals surface area contributed by atoms with Crippen LogP contribution in [0.4, 0.5) is 0 Å². The molecule has 3 N–H and O–H groups in total. The number of carbonyl (C=O) groups is 1. The quantitative estimate of drug-likeness (QED) is 0.567. The van der Waals surface area contributed by atoms with Crippen molar-refractivity contribution < 1.29 is 15.0 Å². The van der Waals surface area contributed by atoms with E-state index < -0.39 is 12.0 Å². The van der Waals surface area contributed by atoms with Gasteiger partial charge in [-0.25, -0.2) is 0 Å². The van der Waals surface area contributed by atoms with E-state index in [4.69, 9.17) is 10.2 Å². The van der Waals surface area contributed by atoms with E-state index in [1.54, 1.807) is 6.92 Å². The van der Waals surface area contributed by atoms with Crippen LogP contribution in [0, 0.1) is 5.41 Å². The molecule has 0 aromatic heterocycles. The summed E-state index contributed by atoms with van der Waals surface area (Å²) in [5.41, 5.74) is -0.219. The summed E-state index contributed by atoms with van der Waals surface area (Å²) in [6.07, 6.45) is 0.822. The van der Waals surface area contributed by atoms with Gasteiger partial charge in [-0.15, -0.1) is 0 Å². The number of hydrogen-bond donors (Lipinski definition) is 3. The molecule has 4 heteroatoms. The molecule has 0 fully saturated rings. The number of hydrogen-bond acceptors (Lipinski definition) is 3. The molecular formula is C9H19NO3. The average molecular weight is 189 g/mol. The lowest BCUT2D eigenvalue weighted by atomic mass is 9.88. The van der Waals surface area contributed by atoms with E-state index in [-0.39, 0.29) is 12.0 Å². The number of aliphatic carboxylic acids is 1. The van der Waals surface area contributed by atoms with Crippen LogP contribution in [0.2, 0.25) is 0 Å². The largest absolute Gasteiger partial charge is 0.480 e. The van der Waals surface area contributed by atoms with E-state index in [1.165, 1.54) is 0 Å². The smallest absolute Gasteiger partial charge is 0.320 e. The highest BCUT2D eigenvalue weighted by Gasteiger charge is 2.22. The molecule has 0 bridgehead atoms. The van der Waals surface area contributed by atoms with Gasteiger partial charge in [-0.3, -0.25) is 4.79 Å². The molecule has 0 aromatic rings. The highest BCUT2D eigenvalue weighted by molar-refractivity contribution is 5.72. The number of carboxylic acids is 1. The second kappa shape index (κ2) is 5.19. The van der Waals surface area contributed by atoms with Crippen LogP contribution in [0.3, 0.4) is 0 Å². The van der Waals surface area contributed by atoms with Crippen molar-refractivity contribution in [1.82, 2.24) is 5.32 Å². The summed E-state index contributed by atoms with van der Waals surface area (Å²) in [7, 11) is 0. The molecule has 4 nitrogen and oxygen atoms in total. The first-order chi connectivity index (χ1) is 5.95. The maximum absolute atomic E-state index is 10.5. The van der Waals surface area contributed by atoms with Crippen molar-refractivity contribution in [2.45, 2.75) is 33.2 Å². The van der Waals surface area contributed by atoms with Gasteiger partial charge in [0.25, 0.3) is 0 Å². The zero-order chi connectivity index (χ0) is 10.5. The molecule has 0 aliphatic rings. The Labute approximate surface area is 79.0 Å². The van der Waals surface area contributed by atoms with E-state index in [0.29, 0.717) is 6.54 Å². The average Bonchev–Trinajstić information content (AvgIpc) is 2.13. The van der Waals surface area contributed by atoms with Crippen molar-refractivity contribution in [3.05, 3.63) is 0 Å². The Morgan fingerprint density at radius 3 is 2.46 bits per heavy atom. The second-order valence-electron chi connectivity index (χ2n) is 3.76. The Morgan fingerprint density at radius 2 is 2.15 bits per heavy atom. The predicted molar refractivity (Wildman–Crippen MR) is 50.6 cm³/mol. The van der Waals surface area contributed by atoms with Gasteiger partial charge >= 0.3 is 5.97 Å². The van der Waals surface area contributed by atoms with Crippen molar-refractivity contribution >= 4 is 5.97 Å². The van der Waals surface area contributed by atoms with Gasteiger partial charge in [-0.1, -0.05) is 13.8 Å². The Balaban J connectivity index is 3.92. The second-order valence-corrected chi connectivity index (χ2v) is 3.76. The zero-order valence-corrected chi connectivity index (χ0v) is 8.50. The molecule has 2 atom stereocenters. The summed E-state index contributed by atoms with van der Waals surface area (Å²) < 4.78 is 0. The molecule has 78 valence electrons. The maximum Gasteiger partial charge on any atom is 0.320 e. The summed E-state index contributed by atoms with van der Waals surface area (Å²) in [5, 5.41) is 20.5. The molecule has 13 heavy (non-hydrogen) atoms. The molecule has 0 heterocycles. The molecule has 0 aromatic carbocycles. The van der Waals surface area contributed by atoms with Crippen LogP contribution in [-0.2, 0) is 4.79 Å². The van der Waals surface area contributed by atoms with Crippen molar-refractivity contribution in [1.29, 1.82) is 0 Å². The Morgan fingerprint density at radius 1 is 1.62 bits per heavy atom. The normalized spacial score (nSPS) is 17.8. The number of carboxylic acid groups (broad SMARTS) is 1. The molecule has 0 rings (SSSR count). The van der Waals surface area contributed by atoms with Crippen molar-refractivity contribution in [3.8, 4) is 0 Å². The molecule has 0 spiro atoms. The van der Waals surface area contributed by atoms with E-state index in [9.17, 15) is 4.79 Å². The van der Waals surface area contributed by atoms with Crippen molar-refractivity contribution in [2.75, 3.05) is 13.2 Å². The summed E-state index contributed by atoms with van der Waals surface area (Å²) in [4.78, 5) is 10.5. The third-order valence-corrected chi connectivity index (χ3v) is 2.44. The van der Waals surface area contributed by atoms with Crippen LogP contribution in [0.1, 0.15) is 27.2 Å². The standard InChI is InChI=1S/C9H19NO3/c1-4-9(3,6-11)5-10-7(2)8(12)13/h7,10-11H,4-6H2,1-3H3,(H,12,13). The van der Waals surface area contributed by atoms with E-state index >= 15 is 0 Å². The van der Waals surface area contributed by atoms with Crippen LogP contribution in [0.25, 0.3) is 0 Å². The van der Waals surface area contributed by atoms with E-state index in [0.717, 1.165) is 6.42 Å². The minimum absolute atomic E-state index is 0.0723. The highest BCUT2D eigenvalue weighted by Crippen LogP contribution is 2.18. The van der Waals surface area contributed by atoms with Gasteiger partial charge in [0, 0.05) is 18.6 Å². The van der Waals surface area contributed by atoms with Crippen LogP contribution in [0.5, 0.6) is 0 Å². The fourth-order valence-electron chi connectivity index (χ4n) is 0.780. The topological polar surface area (TPSA) is 69.6 Å². The van der Waals surface area contributed by atoms with Crippen LogP contribution in [0.15, 0.2) is 0 Å². The van der Waals surface area contributed by atoms with Gasteiger partial charge in [-0.05, 0) is 13.3 Å². The maximum atomic E-state index is 10.5. The van der Waals surface area contributed by atoms with E-state index in [2.05, 4.69) is 5.32 Å². The molecule has 0 radical (unpaired) electrons. The number of aliphatic hydroxyl groups excluding tert-OH is 1. The highest BCUT2D eigenvalue weighted by atomic mass is 16.4. The first kappa shape index (κ1) is 12.4. The summed E-state index contributed by atoms with van der Waals surface area (Å²) >= 11 is 0. The summed E-state index contributed by atoms with van der Waals surface area (Å²) in [6.45, 7) is 6.09. The van der Waals surface area contributed by atoms with Crippen molar-refractivity contribution in [3.63, 3.8) is 0 Å². The molecule has 0 saturated carbocycles. The molecule has 0 aliphatic heterocycles. The minimum Gasteiger partial charge on any atom is -0.480 e. The molecule has 0 aliphatic carbocycles. The minimum atomic E-state index is -0.864. The molecule has 0 saturated heterocycles. The lowest BCUT2D eigenvalue weighted by Gasteiger charge is -2.26. The van der Waals surface area contributed by atoms with Gasteiger partial charge in [0.05, 0.1) is 0 Å². The van der Waals surface area contributed by atoms with Gasteiger partial charge in [-0.2, -0.15) is 0 Å². The van der Waals surface area contributed by atoms with Gasteiger partial charge in [0.15, 0.2) is 0 Å². The first-order valence-corrected chi connectivity index (χ1v) is 4.52. The summed E-state index contributed by atoms with van der Waals surface area (Å²) in [5.74, 6) is -0.864. The fraction of sp³-hybridized carbons (Fsp3) is 0.889. The van der Waals surface area contributed by atoms with E-state index in [1.807, 2.05) is 13.8 Å². The van der Waals surface area contributed by atoms with Crippen LogP contribution < -0.4 is 5.32 Å². The Hall–Kier alpha value is -0.610. The number of rotatable bonds is 6. The van der Waals surface area contributed by atoms with Crippen molar-refractivity contribution in [2.24, 2.45) is 5.41 Å². The third kappa shape index (κ3) is 4.24.